The zero-order chi connectivity index (χ0) is 18.0. The van der Waals surface area contributed by atoms with Crippen LogP contribution in [0.15, 0.2) is 24.3 Å². The monoisotopic (exact) mass is 344 g/mol. The number of carboxylic acid groups (broad SMARTS) is 1. The first-order chi connectivity index (χ1) is 11.9. The van der Waals surface area contributed by atoms with Gasteiger partial charge < -0.3 is 14.7 Å². The molecule has 1 fully saturated rings. The van der Waals surface area contributed by atoms with Crippen LogP contribution in [0.2, 0.25) is 0 Å². The highest BCUT2D eigenvalue weighted by molar-refractivity contribution is 5.97. The minimum atomic E-state index is -1.05. The molecule has 1 aromatic heterocycles. The molecule has 1 aromatic carbocycles. The minimum absolute atomic E-state index is 0.101. The maximum atomic E-state index is 12.7. The van der Waals surface area contributed by atoms with Crippen molar-refractivity contribution in [3.8, 4) is 0 Å². The molecule has 8 heteroatoms. The molecule has 132 valence electrons. The molecule has 1 unspecified atom stereocenters. The number of rotatable bonds is 4. The van der Waals surface area contributed by atoms with Crippen molar-refractivity contribution in [2.45, 2.75) is 26.5 Å². The molecule has 1 N–H and O–H groups in total. The molecular weight excluding hydrogens is 324 g/mol. The van der Waals surface area contributed by atoms with Gasteiger partial charge in [-0.2, -0.15) is 5.10 Å². The molecule has 1 atom stereocenters. The summed E-state index contributed by atoms with van der Waals surface area (Å²) in [7, 11) is 0. The predicted octanol–water partition coefficient (Wildman–Crippen LogP) is 1.13. The van der Waals surface area contributed by atoms with Gasteiger partial charge in [0, 0.05) is 18.7 Å². The molecule has 8 nitrogen and oxygen atoms in total. The summed E-state index contributed by atoms with van der Waals surface area (Å²) in [5.74, 6) is 0.264. The number of morpholine rings is 1. The van der Waals surface area contributed by atoms with E-state index in [-0.39, 0.29) is 17.6 Å². The summed E-state index contributed by atoms with van der Waals surface area (Å²) in [6.07, 6.45) is -0.180. The van der Waals surface area contributed by atoms with Gasteiger partial charge in [-0.25, -0.2) is 14.5 Å². The normalized spacial score (nSPS) is 17.5. The molecule has 0 saturated carbocycles. The Morgan fingerprint density at radius 2 is 2.08 bits per heavy atom. The van der Waals surface area contributed by atoms with Crippen LogP contribution >= 0.6 is 0 Å². The average Bonchev–Trinajstić information content (AvgIpc) is 2.91. The maximum Gasteiger partial charge on any atom is 0.335 e. The number of carboxylic acids is 1. The summed E-state index contributed by atoms with van der Waals surface area (Å²) >= 11 is 0. The highest BCUT2D eigenvalue weighted by Crippen LogP contribution is 2.14. The molecule has 1 amide bonds. The zero-order valence-corrected chi connectivity index (χ0v) is 14.2. The van der Waals surface area contributed by atoms with Gasteiger partial charge in [0.05, 0.1) is 24.8 Å². The summed E-state index contributed by atoms with van der Waals surface area (Å²) in [6.45, 7) is 5.56. The van der Waals surface area contributed by atoms with Gasteiger partial charge in [0.2, 0.25) is 0 Å². The Morgan fingerprint density at radius 1 is 1.32 bits per heavy atom. The highest BCUT2D eigenvalue weighted by Gasteiger charge is 2.26. The number of aromatic carboxylic acids is 1. The first kappa shape index (κ1) is 17.1. The summed E-state index contributed by atoms with van der Waals surface area (Å²) < 4.78 is 7.52. The Kier molecular flexibility index (Phi) is 4.80. The number of carbonyl (C=O) groups is 2. The Balaban J connectivity index is 1.70. The van der Waals surface area contributed by atoms with E-state index >= 15 is 0 Å². The lowest BCUT2D eigenvalue weighted by atomic mass is 10.1. The number of aryl methyl sites for hydroxylation is 2. The first-order valence-electron chi connectivity index (χ1n) is 8.06. The van der Waals surface area contributed by atoms with Gasteiger partial charge in [-0.15, -0.1) is 0 Å². The van der Waals surface area contributed by atoms with Crippen molar-refractivity contribution in [2.75, 3.05) is 19.7 Å². The number of amides is 1. The van der Waals surface area contributed by atoms with Crippen molar-refractivity contribution in [3.05, 3.63) is 47.0 Å². The Morgan fingerprint density at radius 3 is 2.76 bits per heavy atom. The van der Waals surface area contributed by atoms with Gasteiger partial charge in [-0.1, -0.05) is 6.07 Å². The van der Waals surface area contributed by atoms with Gasteiger partial charge in [-0.3, -0.25) is 4.79 Å². The number of benzene rings is 1. The SMILES string of the molecule is Cc1nc(C)n(CC2CN(C(=O)c3cccc(C(=O)O)c3)CCO2)n1. The lowest BCUT2D eigenvalue weighted by Crippen LogP contribution is -2.47. The van der Waals surface area contributed by atoms with Crippen molar-refractivity contribution < 1.29 is 19.4 Å². The molecule has 1 saturated heterocycles. The second kappa shape index (κ2) is 7.02. The highest BCUT2D eigenvalue weighted by atomic mass is 16.5. The van der Waals surface area contributed by atoms with Crippen molar-refractivity contribution >= 4 is 11.9 Å². The van der Waals surface area contributed by atoms with Gasteiger partial charge in [0.15, 0.2) is 0 Å². The number of carbonyl (C=O) groups excluding carboxylic acids is 1. The maximum absolute atomic E-state index is 12.7. The van der Waals surface area contributed by atoms with E-state index < -0.39 is 5.97 Å². The van der Waals surface area contributed by atoms with E-state index in [1.165, 1.54) is 12.1 Å². The smallest absolute Gasteiger partial charge is 0.335 e. The molecular formula is C17H20N4O4. The molecule has 0 spiro atoms. The molecule has 2 heterocycles. The van der Waals surface area contributed by atoms with E-state index in [0.29, 0.717) is 37.6 Å². The van der Waals surface area contributed by atoms with E-state index in [1.807, 2.05) is 13.8 Å². The molecule has 2 aromatic rings. The van der Waals surface area contributed by atoms with E-state index in [4.69, 9.17) is 9.84 Å². The van der Waals surface area contributed by atoms with Crippen LogP contribution in [0, 0.1) is 13.8 Å². The summed E-state index contributed by atoms with van der Waals surface area (Å²) in [4.78, 5) is 29.7. The van der Waals surface area contributed by atoms with Gasteiger partial charge in [0.1, 0.15) is 11.6 Å². The molecule has 0 bridgehead atoms. The van der Waals surface area contributed by atoms with Crippen molar-refractivity contribution in [3.63, 3.8) is 0 Å². The number of ether oxygens (including phenoxy) is 1. The van der Waals surface area contributed by atoms with Gasteiger partial charge >= 0.3 is 5.97 Å². The lowest BCUT2D eigenvalue weighted by Gasteiger charge is -2.33. The molecule has 3 rings (SSSR count). The summed E-state index contributed by atoms with van der Waals surface area (Å²) in [6, 6.07) is 6.08. The third-order valence-electron chi connectivity index (χ3n) is 4.12. The van der Waals surface area contributed by atoms with Crippen molar-refractivity contribution in [1.82, 2.24) is 19.7 Å². The topological polar surface area (TPSA) is 97.6 Å². The fraction of sp³-hybridized carbons (Fsp3) is 0.412. The standard InChI is InChI=1S/C17H20N4O4/c1-11-18-12(2)21(19-11)10-15-9-20(6-7-25-15)16(22)13-4-3-5-14(8-13)17(23)24/h3-5,8,15H,6-7,9-10H2,1-2H3,(H,23,24). The number of hydrogen-bond acceptors (Lipinski definition) is 5. The third kappa shape index (κ3) is 3.85. The number of hydrogen-bond donors (Lipinski definition) is 1. The first-order valence-corrected chi connectivity index (χ1v) is 8.06. The zero-order valence-electron chi connectivity index (χ0n) is 14.2. The van der Waals surface area contributed by atoms with Crippen LogP contribution in [-0.2, 0) is 11.3 Å². The van der Waals surface area contributed by atoms with E-state index in [2.05, 4.69) is 10.1 Å². The molecule has 0 aliphatic carbocycles. The van der Waals surface area contributed by atoms with Crippen LogP contribution in [0.5, 0.6) is 0 Å². The Labute approximate surface area is 145 Å². The van der Waals surface area contributed by atoms with Crippen LogP contribution in [0.25, 0.3) is 0 Å². The van der Waals surface area contributed by atoms with Crippen molar-refractivity contribution in [2.24, 2.45) is 0 Å². The fourth-order valence-electron chi connectivity index (χ4n) is 2.91. The van der Waals surface area contributed by atoms with Crippen LogP contribution < -0.4 is 0 Å². The summed E-state index contributed by atoms with van der Waals surface area (Å²) in [5.41, 5.74) is 0.470. The van der Waals surface area contributed by atoms with Crippen LogP contribution in [0.3, 0.4) is 0 Å². The summed E-state index contributed by atoms with van der Waals surface area (Å²) in [5, 5.41) is 13.4. The molecule has 0 radical (unpaired) electrons. The average molecular weight is 344 g/mol. The Hall–Kier alpha value is -2.74. The van der Waals surface area contributed by atoms with Crippen LogP contribution in [0.4, 0.5) is 0 Å². The quantitative estimate of drug-likeness (QED) is 0.893. The second-order valence-corrected chi connectivity index (χ2v) is 6.02. The van der Waals surface area contributed by atoms with E-state index in [0.717, 1.165) is 5.82 Å². The molecule has 25 heavy (non-hydrogen) atoms. The second-order valence-electron chi connectivity index (χ2n) is 6.02. The minimum Gasteiger partial charge on any atom is -0.478 e. The van der Waals surface area contributed by atoms with E-state index in [1.54, 1.807) is 21.7 Å². The van der Waals surface area contributed by atoms with Crippen molar-refractivity contribution in [1.29, 1.82) is 0 Å². The lowest BCUT2D eigenvalue weighted by molar-refractivity contribution is -0.0303. The van der Waals surface area contributed by atoms with Crippen LogP contribution in [0.1, 0.15) is 32.4 Å². The Bertz CT molecular complexity index is 802. The third-order valence-corrected chi connectivity index (χ3v) is 4.12. The molecule has 1 aliphatic heterocycles. The fourth-order valence-corrected chi connectivity index (χ4v) is 2.91. The molecule has 1 aliphatic rings. The number of aromatic nitrogens is 3. The largest absolute Gasteiger partial charge is 0.478 e. The predicted molar refractivity (Wildman–Crippen MR) is 88.5 cm³/mol. The van der Waals surface area contributed by atoms with Crippen LogP contribution in [-0.4, -0.2) is 62.4 Å². The number of nitrogens with zero attached hydrogens (tertiary/aromatic N) is 4. The van der Waals surface area contributed by atoms with Gasteiger partial charge in [-0.05, 0) is 32.0 Å². The van der Waals surface area contributed by atoms with E-state index in [9.17, 15) is 9.59 Å². The van der Waals surface area contributed by atoms with Gasteiger partial charge in [0.25, 0.3) is 5.91 Å².